The molecule has 0 aromatic heterocycles. The van der Waals surface area contributed by atoms with E-state index in [1.807, 2.05) is 0 Å². The van der Waals surface area contributed by atoms with Gasteiger partial charge in [-0.1, -0.05) is 0 Å². The van der Waals surface area contributed by atoms with Gasteiger partial charge < -0.3 is 5.32 Å². The van der Waals surface area contributed by atoms with Gasteiger partial charge in [-0.05, 0) is 38.7 Å². The molecular formula is C14H18FN3O4S. The first-order valence-corrected chi connectivity index (χ1v) is 8.97. The average molecular weight is 343 g/mol. The lowest BCUT2D eigenvalue weighted by atomic mass is 10.0. The van der Waals surface area contributed by atoms with E-state index < -0.39 is 31.3 Å². The molecule has 9 heteroatoms. The van der Waals surface area contributed by atoms with Gasteiger partial charge in [0.15, 0.2) is 0 Å². The molecule has 0 saturated carbocycles. The molecule has 2 aliphatic rings. The molecule has 23 heavy (non-hydrogen) atoms. The maximum absolute atomic E-state index is 13.8. The molecule has 2 unspecified atom stereocenters. The van der Waals surface area contributed by atoms with E-state index in [2.05, 4.69) is 10.0 Å². The third-order valence-electron chi connectivity index (χ3n) is 4.59. The number of benzene rings is 1. The van der Waals surface area contributed by atoms with Crippen LogP contribution in [0.2, 0.25) is 0 Å². The molecule has 0 amide bonds. The smallest absolute Gasteiger partial charge is 0.276 e. The number of hydrogen-bond donors (Lipinski definition) is 2. The van der Waals surface area contributed by atoms with Crippen molar-refractivity contribution in [2.45, 2.75) is 55.6 Å². The zero-order chi connectivity index (χ0) is 16.8. The third-order valence-corrected chi connectivity index (χ3v) is 6.09. The SMILES string of the molecule is Cc1c(F)cc(S(=O)(=O)NC2CC3CCC(C2)N3)cc1[N+](=O)[O-]. The monoisotopic (exact) mass is 343 g/mol. The van der Waals surface area contributed by atoms with Crippen molar-refractivity contribution in [3.63, 3.8) is 0 Å². The topological polar surface area (TPSA) is 101 Å². The number of fused-ring (bicyclic) bond motifs is 2. The van der Waals surface area contributed by atoms with Crippen LogP contribution < -0.4 is 10.0 Å². The Balaban J connectivity index is 1.86. The van der Waals surface area contributed by atoms with Crippen molar-refractivity contribution in [3.8, 4) is 0 Å². The van der Waals surface area contributed by atoms with E-state index in [0.29, 0.717) is 24.9 Å². The van der Waals surface area contributed by atoms with Crippen molar-refractivity contribution in [3.05, 3.63) is 33.6 Å². The number of rotatable bonds is 4. The van der Waals surface area contributed by atoms with Crippen LogP contribution in [0, 0.1) is 22.9 Å². The van der Waals surface area contributed by atoms with E-state index in [-0.39, 0.29) is 11.6 Å². The second-order valence-electron chi connectivity index (χ2n) is 6.23. The fourth-order valence-electron chi connectivity index (χ4n) is 3.43. The molecule has 2 bridgehead atoms. The molecule has 2 atom stereocenters. The molecule has 1 aromatic rings. The number of nitro groups is 1. The highest BCUT2D eigenvalue weighted by Crippen LogP contribution is 2.29. The first-order valence-electron chi connectivity index (χ1n) is 7.49. The number of sulfonamides is 1. The summed E-state index contributed by atoms with van der Waals surface area (Å²) in [7, 11) is -4.00. The molecule has 0 spiro atoms. The number of piperidine rings is 1. The molecule has 3 rings (SSSR count). The number of nitro benzene ring substituents is 1. The maximum Gasteiger partial charge on any atom is 0.276 e. The van der Waals surface area contributed by atoms with Crippen molar-refractivity contribution in [1.29, 1.82) is 0 Å². The number of hydrogen-bond acceptors (Lipinski definition) is 5. The van der Waals surface area contributed by atoms with Crippen LogP contribution in [0.3, 0.4) is 0 Å². The minimum atomic E-state index is -4.00. The number of nitrogens with one attached hydrogen (secondary N) is 2. The lowest BCUT2D eigenvalue weighted by Gasteiger charge is -2.29. The summed E-state index contributed by atoms with van der Waals surface area (Å²) in [6.45, 7) is 1.25. The van der Waals surface area contributed by atoms with Gasteiger partial charge in [-0.2, -0.15) is 0 Å². The quantitative estimate of drug-likeness (QED) is 0.639. The minimum absolute atomic E-state index is 0.172. The van der Waals surface area contributed by atoms with Gasteiger partial charge in [0.25, 0.3) is 5.69 Å². The second kappa shape index (κ2) is 5.81. The normalized spacial score (nSPS) is 27.1. The van der Waals surface area contributed by atoms with Crippen LogP contribution in [0.25, 0.3) is 0 Å². The van der Waals surface area contributed by atoms with Gasteiger partial charge in [0.2, 0.25) is 10.0 Å². The molecular weight excluding hydrogens is 325 g/mol. The summed E-state index contributed by atoms with van der Waals surface area (Å²) in [4.78, 5) is 9.77. The molecule has 2 N–H and O–H groups in total. The highest BCUT2D eigenvalue weighted by molar-refractivity contribution is 7.89. The molecule has 2 aliphatic heterocycles. The third kappa shape index (κ3) is 3.22. The van der Waals surface area contributed by atoms with Crippen LogP contribution in [0.5, 0.6) is 0 Å². The maximum atomic E-state index is 13.8. The second-order valence-corrected chi connectivity index (χ2v) is 7.95. The summed E-state index contributed by atoms with van der Waals surface area (Å²) in [6, 6.07) is 2.11. The first-order chi connectivity index (χ1) is 10.8. The molecule has 0 aliphatic carbocycles. The van der Waals surface area contributed by atoms with Crippen molar-refractivity contribution in [1.82, 2.24) is 10.0 Å². The predicted molar refractivity (Wildman–Crippen MR) is 81.1 cm³/mol. The first kappa shape index (κ1) is 16.3. The van der Waals surface area contributed by atoms with E-state index >= 15 is 0 Å². The van der Waals surface area contributed by atoms with Gasteiger partial charge in [0, 0.05) is 24.2 Å². The molecule has 126 valence electrons. The van der Waals surface area contributed by atoms with Crippen molar-refractivity contribution < 1.29 is 17.7 Å². The summed E-state index contributed by atoms with van der Waals surface area (Å²) in [5.41, 5.74) is -0.704. The summed E-state index contributed by atoms with van der Waals surface area (Å²) < 4.78 is 41.3. The Kier molecular flexibility index (Phi) is 4.11. The van der Waals surface area contributed by atoms with Crippen LogP contribution in [0.1, 0.15) is 31.2 Å². The fourth-order valence-corrected chi connectivity index (χ4v) is 4.72. The van der Waals surface area contributed by atoms with E-state index in [1.165, 1.54) is 6.92 Å². The van der Waals surface area contributed by atoms with E-state index in [0.717, 1.165) is 25.0 Å². The Morgan fingerprint density at radius 1 is 1.30 bits per heavy atom. The van der Waals surface area contributed by atoms with Gasteiger partial charge in [-0.3, -0.25) is 10.1 Å². The Morgan fingerprint density at radius 2 is 1.91 bits per heavy atom. The van der Waals surface area contributed by atoms with Gasteiger partial charge in [-0.15, -0.1) is 0 Å². The summed E-state index contributed by atoms with van der Waals surface area (Å²) in [6.07, 6.45) is 3.39. The Hall–Kier alpha value is -1.58. The van der Waals surface area contributed by atoms with Gasteiger partial charge in [0.1, 0.15) is 5.82 Å². The predicted octanol–water partition coefficient (Wildman–Crippen LogP) is 1.60. The highest BCUT2D eigenvalue weighted by atomic mass is 32.2. The zero-order valence-corrected chi connectivity index (χ0v) is 13.4. The number of halogens is 1. The van der Waals surface area contributed by atoms with Crippen LogP contribution in [0.15, 0.2) is 17.0 Å². The van der Waals surface area contributed by atoms with Crippen LogP contribution in [-0.4, -0.2) is 31.5 Å². The number of nitrogens with zero attached hydrogens (tertiary/aromatic N) is 1. The Morgan fingerprint density at radius 3 is 2.48 bits per heavy atom. The molecule has 0 radical (unpaired) electrons. The van der Waals surface area contributed by atoms with Crippen LogP contribution in [0.4, 0.5) is 10.1 Å². The Bertz CT molecular complexity index is 741. The van der Waals surface area contributed by atoms with E-state index in [9.17, 15) is 22.9 Å². The molecule has 2 fully saturated rings. The minimum Gasteiger partial charge on any atom is -0.311 e. The molecule has 2 heterocycles. The van der Waals surface area contributed by atoms with Crippen molar-refractivity contribution in [2.75, 3.05) is 0 Å². The Labute approximate surface area is 133 Å². The van der Waals surface area contributed by atoms with Gasteiger partial charge in [0.05, 0.1) is 15.4 Å². The zero-order valence-electron chi connectivity index (χ0n) is 12.6. The van der Waals surface area contributed by atoms with E-state index in [4.69, 9.17) is 0 Å². The largest absolute Gasteiger partial charge is 0.311 e. The lowest BCUT2D eigenvalue weighted by molar-refractivity contribution is -0.385. The van der Waals surface area contributed by atoms with Gasteiger partial charge >= 0.3 is 0 Å². The summed E-state index contributed by atoms with van der Waals surface area (Å²) in [5, 5.41) is 14.4. The van der Waals surface area contributed by atoms with Crippen molar-refractivity contribution in [2.24, 2.45) is 0 Å². The van der Waals surface area contributed by atoms with Crippen molar-refractivity contribution >= 4 is 15.7 Å². The van der Waals surface area contributed by atoms with Gasteiger partial charge in [-0.25, -0.2) is 17.5 Å². The average Bonchev–Trinajstić information content (AvgIpc) is 2.79. The summed E-state index contributed by atoms with van der Waals surface area (Å²) >= 11 is 0. The molecule has 1 aromatic carbocycles. The molecule has 7 nitrogen and oxygen atoms in total. The van der Waals surface area contributed by atoms with E-state index in [1.54, 1.807) is 0 Å². The lowest BCUT2D eigenvalue weighted by Crippen LogP contribution is -2.47. The summed E-state index contributed by atoms with van der Waals surface area (Å²) in [5.74, 6) is -0.898. The fraction of sp³-hybridized carbons (Fsp3) is 0.571. The van der Waals surface area contributed by atoms with Crippen LogP contribution in [-0.2, 0) is 10.0 Å². The standard InChI is InChI=1S/C14H18FN3O4S/c1-8-13(15)6-12(7-14(8)18(19)20)23(21,22)17-11-4-9-2-3-10(5-11)16-9/h6-7,9-11,16-17H,2-5H2,1H3. The molecule has 2 saturated heterocycles. The van der Waals surface area contributed by atoms with Crippen LogP contribution >= 0.6 is 0 Å². The highest BCUT2D eigenvalue weighted by Gasteiger charge is 2.35.